The highest BCUT2D eigenvalue weighted by atomic mass is 35.5. The molecule has 0 fully saturated rings. The summed E-state index contributed by atoms with van der Waals surface area (Å²) in [4.78, 5) is 0. The number of rotatable bonds is 5. The highest BCUT2D eigenvalue weighted by molar-refractivity contribution is 6.17. The van der Waals surface area contributed by atoms with Crippen LogP contribution < -0.4 is 14.8 Å². The normalized spacial score (nSPS) is 17.3. The number of fused-ring (bicyclic) bond motifs is 1. The van der Waals surface area contributed by atoms with Gasteiger partial charge >= 0.3 is 0 Å². The lowest BCUT2D eigenvalue weighted by Gasteiger charge is -2.28. The molecule has 1 aromatic carbocycles. The van der Waals surface area contributed by atoms with Crippen molar-refractivity contribution in [3.05, 3.63) is 23.3 Å². The Morgan fingerprint density at radius 1 is 1.26 bits per heavy atom. The molecule has 0 saturated carbocycles. The van der Waals surface area contributed by atoms with Gasteiger partial charge in [0.2, 0.25) is 0 Å². The predicted octanol–water partition coefficient (Wildman–Crippen LogP) is 3.33. The molecule has 108 valence electrons. The van der Waals surface area contributed by atoms with Crippen molar-refractivity contribution in [2.24, 2.45) is 0 Å². The number of alkyl halides is 1. The van der Waals surface area contributed by atoms with Gasteiger partial charge in [-0.3, -0.25) is 0 Å². The molecule has 1 atom stereocenters. The molecule has 0 radical (unpaired) electrons. The van der Waals surface area contributed by atoms with Crippen LogP contribution in [0.2, 0.25) is 0 Å². The summed E-state index contributed by atoms with van der Waals surface area (Å²) in [6.07, 6.45) is 3.12. The van der Waals surface area contributed by atoms with E-state index in [9.17, 15) is 0 Å². The van der Waals surface area contributed by atoms with Crippen molar-refractivity contribution >= 4 is 24.0 Å². The summed E-state index contributed by atoms with van der Waals surface area (Å²) < 4.78 is 10.7. The summed E-state index contributed by atoms with van der Waals surface area (Å²) in [6, 6.07) is 4.58. The lowest BCUT2D eigenvalue weighted by molar-refractivity contribution is 0.351. The molecule has 19 heavy (non-hydrogen) atoms. The van der Waals surface area contributed by atoms with Gasteiger partial charge in [0.05, 0.1) is 14.2 Å². The van der Waals surface area contributed by atoms with Crippen LogP contribution >= 0.6 is 24.0 Å². The topological polar surface area (TPSA) is 30.5 Å². The smallest absolute Gasteiger partial charge is 0.161 e. The lowest BCUT2D eigenvalue weighted by Crippen LogP contribution is -2.30. The van der Waals surface area contributed by atoms with E-state index in [4.69, 9.17) is 21.1 Å². The van der Waals surface area contributed by atoms with Crippen molar-refractivity contribution in [2.75, 3.05) is 26.6 Å². The van der Waals surface area contributed by atoms with E-state index >= 15 is 0 Å². The first kappa shape index (κ1) is 16.4. The van der Waals surface area contributed by atoms with Gasteiger partial charge in [-0.25, -0.2) is 0 Å². The Bertz CT molecular complexity index is 413. The third-order valence-corrected chi connectivity index (χ3v) is 3.70. The van der Waals surface area contributed by atoms with Crippen molar-refractivity contribution in [1.82, 2.24) is 5.32 Å². The maximum atomic E-state index is 5.78. The zero-order chi connectivity index (χ0) is 13.0. The maximum Gasteiger partial charge on any atom is 0.161 e. The van der Waals surface area contributed by atoms with Crippen LogP contribution in [-0.2, 0) is 6.42 Å². The van der Waals surface area contributed by atoms with E-state index in [1.165, 1.54) is 11.1 Å². The van der Waals surface area contributed by atoms with Gasteiger partial charge in [0.25, 0.3) is 0 Å². The van der Waals surface area contributed by atoms with E-state index in [0.717, 1.165) is 37.3 Å². The number of methoxy groups -OCH3 is 2. The summed E-state index contributed by atoms with van der Waals surface area (Å²) in [5.41, 5.74) is 2.68. The molecule has 5 heteroatoms. The van der Waals surface area contributed by atoms with Gasteiger partial charge in [-0.05, 0) is 49.1 Å². The second kappa shape index (κ2) is 7.83. The Kier molecular flexibility index (Phi) is 6.76. The van der Waals surface area contributed by atoms with Crippen molar-refractivity contribution in [2.45, 2.75) is 25.3 Å². The lowest BCUT2D eigenvalue weighted by atomic mass is 9.91. The third-order valence-electron chi connectivity index (χ3n) is 3.43. The molecule has 0 aliphatic carbocycles. The average molecular weight is 306 g/mol. The van der Waals surface area contributed by atoms with E-state index in [2.05, 4.69) is 17.4 Å². The second-order valence-corrected chi connectivity index (χ2v) is 4.87. The SMILES string of the molecule is COc1cc2c(cc1OC)[C@H](CCCCl)NCC2.Cl. The molecule has 0 unspecified atom stereocenters. The molecule has 1 aromatic rings. The molecule has 0 saturated heterocycles. The molecular formula is C14H21Cl2NO2. The molecule has 0 bridgehead atoms. The van der Waals surface area contributed by atoms with Crippen molar-refractivity contribution in [3.8, 4) is 11.5 Å². The molecule has 1 heterocycles. The first-order valence-corrected chi connectivity index (χ1v) is 6.87. The minimum atomic E-state index is 0. The molecule has 0 amide bonds. The summed E-state index contributed by atoms with van der Waals surface area (Å²) >= 11 is 5.78. The fourth-order valence-corrected chi connectivity index (χ4v) is 2.66. The zero-order valence-electron chi connectivity index (χ0n) is 11.4. The van der Waals surface area contributed by atoms with Crippen LogP contribution in [-0.4, -0.2) is 26.6 Å². The van der Waals surface area contributed by atoms with Crippen molar-refractivity contribution in [1.29, 1.82) is 0 Å². The van der Waals surface area contributed by atoms with E-state index in [1.807, 2.05) is 0 Å². The number of benzene rings is 1. The molecule has 0 aromatic heterocycles. The van der Waals surface area contributed by atoms with E-state index in [1.54, 1.807) is 14.2 Å². The fraction of sp³-hybridized carbons (Fsp3) is 0.571. The molecule has 1 aliphatic heterocycles. The minimum Gasteiger partial charge on any atom is -0.493 e. The second-order valence-electron chi connectivity index (χ2n) is 4.49. The Morgan fingerprint density at radius 3 is 2.58 bits per heavy atom. The van der Waals surface area contributed by atoms with Crippen LogP contribution in [0.5, 0.6) is 11.5 Å². The van der Waals surface area contributed by atoms with Gasteiger partial charge < -0.3 is 14.8 Å². The quantitative estimate of drug-likeness (QED) is 0.847. The van der Waals surface area contributed by atoms with Gasteiger partial charge in [0.15, 0.2) is 11.5 Å². The van der Waals surface area contributed by atoms with Crippen LogP contribution in [0, 0.1) is 0 Å². The summed E-state index contributed by atoms with van der Waals surface area (Å²) in [7, 11) is 3.35. The monoisotopic (exact) mass is 305 g/mol. The Labute approximate surface area is 126 Å². The standard InChI is InChI=1S/C14H20ClNO2.ClH/c1-17-13-8-10-5-7-16-12(4-3-6-15)11(10)9-14(13)18-2;/h8-9,12,16H,3-7H2,1-2H3;1H/t12-;/m0./s1. The van der Waals surface area contributed by atoms with Crippen LogP contribution in [0.3, 0.4) is 0 Å². The Morgan fingerprint density at radius 2 is 1.95 bits per heavy atom. The predicted molar refractivity (Wildman–Crippen MR) is 81.2 cm³/mol. The Hall–Kier alpha value is -0.640. The number of halogens is 2. The molecule has 3 nitrogen and oxygen atoms in total. The number of ether oxygens (including phenoxy) is 2. The van der Waals surface area contributed by atoms with Gasteiger partial charge in [-0.15, -0.1) is 24.0 Å². The number of hydrogen-bond acceptors (Lipinski definition) is 3. The van der Waals surface area contributed by atoms with Gasteiger partial charge in [-0.1, -0.05) is 0 Å². The fourth-order valence-electron chi connectivity index (χ4n) is 2.51. The first-order chi connectivity index (χ1) is 8.80. The number of nitrogens with one attached hydrogen (secondary N) is 1. The first-order valence-electron chi connectivity index (χ1n) is 6.34. The molecular weight excluding hydrogens is 285 g/mol. The summed E-state index contributed by atoms with van der Waals surface area (Å²) in [6.45, 7) is 1.01. The number of hydrogen-bond donors (Lipinski definition) is 1. The van der Waals surface area contributed by atoms with Gasteiger partial charge in [-0.2, -0.15) is 0 Å². The van der Waals surface area contributed by atoms with E-state index in [0.29, 0.717) is 11.9 Å². The highest BCUT2D eigenvalue weighted by Gasteiger charge is 2.21. The molecule has 1 N–H and O–H groups in total. The zero-order valence-corrected chi connectivity index (χ0v) is 12.9. The molecule has 2 rings (SSSR count). The van der Waals surface area contributed by atoms with E-state index in [-0.39, 0.29) is 12.4 Å². The van der Waals surface area contributed by atoms with Crippen LogP contribution in [0.25, 0.3) is 0 Å². The largest absolute Gasteiger partial charge is 0.493 e. The van der Waals surface area contributed by atoms with Crippen molar-refractivity contribution < 1.29 is 9.47 Å². The van der Waals surface area contributed by atoms with Crippen LogP contribution in [0.15, 0.2) is 12.1 Å². The molecule has 0 spiro atoms. The summed E-state index contributed by atoms with van der Waals surface area (Å²) in [5, 5.41) is 3.54. The highest BCUT2D eigenvalue weighted by Crippen LogP contribution is 2.36. The van der Waals surface area contributed by atoms with Gasteiger partial charge in [0, 0.05) is 11.9 Å². The minimum absolute atomic E-state index is 0. The van der Waals surface area contributed by atoms with Gasteiger partial charge in [0.1, 0.15) is 0 Å². The molecule has 1 aliphatic rings. The third kappa shape index (κ3) is 3.68. The average Bonchev–Trinajstić information content (AvgIpc) is 2.43. The summed E-state index contributed by atoms with van der Waals surface area (Å²) in [5.74, 6) is 2.32. The van der Waals surface area contributed by atoms with Crippen molar-refractivity contribution in [3.63, 3.8) is 0 Å². The van der Waals surface area contributed by atoms with Crippen LogP contribution in [0.4, 0.5) is 0 Å². The van der Waals surface area contributed by atoms with Crippen LogP contribution in [0.1, 0.15) is 30.0 Å². The Balaban J connectivity index is 0.00000180. The van der Waals surface area contributed by atoms with E-state index < -0.39 is 0 Å². The maximum absolute atomic E-state index is 5.78.